The number of nitrogens with zero attached hydrogens (tertiary/aromatic N) is 2. The highest BCUT2D eigenvalue weighted by Crippen LogP contribution is 2.42. The van der Waals surface area contributed by atoms with Gasteiger partial charge < -0.3 is 14.2 Å². The van der Waals surface area contributed by atoms with Gasteiger partial charge >= 0.3 is 5.97 Å². The van der Waals surface area contributed by atoms with Gasteiger partial charge in [0, 0.05) is 23.5 Å². The predicted octanol–water partition coefficient (Wildman–Crippen LogP) is 4.14. The van der Waals surface area contributed by atoms with Gasteiger partial charge in [-0.05, 0) is 46.7 Å². The Kier molecular flexibility index (Phi) is 3.65. The summed E-state index contributed by atoms with van der Waals surface area (Å²) in [6.45, 7) is 0.263. The maximum atomic E-state index is 12.5. The number of hydrogen-bond acceptors (Lipinski definition) is 6. The summed E-state index contributed by atoms with van der Waals surface area (Å²) in [4.78, 5) is 21.3. The van der Waals surface area contributed by atoms with Crippen molar-refractivity contribution in [1.29, 1.82) is 0 Å². The van der Waals surface area contributed by atoms with Crippen LogP contribution in [0.1, 0.15) is 15.9 Å². The van der Waals surface area contributed by atoms with Crippen molar-refractivity contribution in [2.24, 2.45) is 0 Å². The highest BCUT2D eigenvalue weighted by molar-refractivity contribution is 6.11. The van der Waals surface area contributed by atoms with Crippen molar-refractivity contribution in [1.82, 2.24) is 9.97 Å². The Hall–Kier alpha value is -3.67. The first-order chi connectivity index (χ1) is 13.7. The van der Waals surface area contributed by atoms with E-state index in [4.69, 9.17) is 14.2 Å². The molecule has 28 heavy (non-hydrogen) atoms. The van der Waals surface area contributed by atoms with E-state index in [9.17, 15) is 4.79 Å². The number of ether oxygens (including phenoxy) is 3. The second-order valence-electron chi connectivity index (χ2n) is 6.55. The molecule has 138 valence electrons. The average Bonchev–Trinajstić information content (AvgIpc) is 3.10. The molecule has 0 unspecified atom stereocenters. The number of carbonyl (C=O) groups excluding carboxylic acids is 1. The van der Waals surface area contributed by atoms with E-state index in [0.717, 1.165) is 38.5 Å². The van der Waals surface area contributed by atoms with Crippen LogP contribution in [-0.4, -0.2) is 30.2 Å². The van der Waals surface area contributed by atoms with Crippen molar-refractivity contribution in [3.8, 4) is 22.6 Å². The standard InChI is InChI=1S/C22H16N2O4/c1-26-18-9-13-7-14-11-28-22(25)21(14)20(15(13)10-19(18)27-2)12-3-4-16-17(8-12)24-6-5-23-16/h3-10H,11H2,1-2H3. The van der Waals surface area contributed by atoms with Gasteiger partial charge in [0.2, 0.25) is 0 Å². The monoisotopic (exact) mass is 372 g/mol. The number of carbonyl (C=O) groups is 1. The van der Waals surface area contributed by atoms with E-state index in [1.165, 1.54) is 0 Å². The van der Waals surface area contributed by atoms with Crippen LogP contribution in [0.4, 0.5) is 0 Å². The fourth-order valence-electron chi connectivity index (χ4n) is 3.77. The second-order valence-corrected chi connectivity index (χ2v) is 6.55. The third-order valence-electron chi connectivity index (χ3n) is 5.05. The lowest BCUT2D eigenvalue weighted by Crippen LogP contribution is -2.00. The molecule has 0 aliphatic carbocycles. The summed E-state index contributed by atoms with van der Waals surface area (Å²) in [7, 11) is 3.20. The van der Waals surface area contributed by atoms with E-state index in [0.29, 0.717) is 17.1 Å². The summed E-state index contributed by atoms with van der Waals surface area (Å²) in [5.74, 6) is 0.916. The molecular formula is C22H16N2O4. The SMILES string of the molecule is COc1cc2cc3c(c(-c4ccc5nccnc5c4)c2cc1OC)C(=O)OC3. The van der Waals surface area contributed by atoms with E-state index in [1.54, 1.807) is 26.6 Å². The summed E-state index contributed by atoms with van der Waals surface area (Å²) in [6, 6.07) is 11.6. The van der Waals surface area contributed by atoms with Gasteiger partial charge in [-0.15, -0.1) is 0 Å². The number of methoxy groups -OCH3 is 2. The molecule has 4 aromatic rings. The van der Waals surface area contributed by atoms with Crippen LogP contribution in [-0.2, 0) is 11.3 Å². The molecule has 0 atom stereocenters. The van der Waals surface area contributed by atoms with E-state index in [1.807, 2.05) is 36.4 Å². The minimum absolute atomic E-state index is 0.263. The van der Waals surface area contributed by atoms with Crippen molar-refractivity contribution in [3.63, 3.8) is 0 Å². The first-order valence-corrected chi connectivity index (χ1v) is 8.79. The van der Waals surface area contributed by atoms with Crippen molar-refractivity contribution in [2.75, 3.05) is 14.2 Å². The number of cyclic esters (lactones) is 1. The predicted molar refractivity (Wildman–Crippen MR) is 105 cm³/mol. The van der Waals surface area contributed by atoms with E-state index in [-0.39, 0.29) is 12.6 Å². The van der Waals surface area contributed by atoms with E-state index >= 15 is 0 Å². The molecule has 0 spiro atoms. The summed E-state index contributed by atoms with van der Waals surface area (Å²) < 4.78 is 16.3. The Morgan fingerprint density at radius 2 is 1.64 bits per heavy atom. The summed E-state index contributed by atoms with van der Waals surface area (Å²) in [6.07, 6.45) is 3.31. The maximum absolute atomic E-state index is 12.5. The molecule has 0 N–H and O–H groups in total. The Morgan fingerprint density at radius 1 is 0.893 bits per heavy atom. The van der Waals surface area contributed by atoms with Crippen LogP contribution < -0.4 is 9.47 Å². The van der Waals surface area contributed by atoms with Crippen LogP contribution in [0.3, 0.4) is 0 Å². The van der Waals surface area contributed by atoms with Crippen molar-refractivity contribution >= 4 is 27.8 Å². The number of esters is 1. The van der Waals surface area contributed by atoms with Gasteiger partial charge in [-0.2, -0.15) is 0 Å². The van der Waals surface area contributed by atoms with Crippen molar-refractivity contribution in [2.45, 2.75) is 6.61 Å². The molecule has 6 heteroatoms. The molecule has 1 aliphatic rings. The highest BCUT2D eigenvalue weighted by Gasteiger charge is 2.28. The Balaban J connectivity index is 1.89. The minimum Gasteiger partial charge on any atom is -0.493 e. The molecular weight excluding hydrogens is 356 g/mol. The molecule has 0 radical (unpaired) electrons. The molecule has 3 aromatic carbocycles. The molecule has 1 aromatic heterocycles. The number of benzene rings is 3. The molecule has 2 heterocycles. The van der Waals surface area contributed by atoms with Gasteiger partial charge in [-0.3, -0.25) is 9.97 Å². The third-order valence-corrected chi connectivity index (χ3v) is 5.05. The molecule has 0 saturated carbocycles. The van der Waals surface area contributed by atoms with Gasteiger partial charge in [0.15, 0.2) is 11.5 Å². The van der Waals surface area contributed by atoms with E-state index < -0.39 is 0 Å². The summed E-state index contributed by atoms with van der Waals surface area (Å²) >= 11 is 0. The lowest BCUT2D eigenvalue weighted by atomic mass is 9.90. The number of fused-ring (bicyclic) bond motifs is 3. The normalized spacial score (nSPS) is 12.9. The first-order valence-electron chi connectivity index (χ1n) is 8.79. The topological polar surface area (TPSA) is 70.5 Å². The Bertz CT molecular complexity index is 1270. The molecule has 1 aliphatic heterocycles. The number of hydrogen-bond donors (Lipinski definition) is 0. The number of aromatic nitrogens is 2. The lowest BCUT2D eigenvalue weighted by molar-refractivity contribution is 0.0535. The van der Waals surface area contributed by atoms with Crippen LogP contribution in [0.15, 0.2) is 48.8 Å². The summed E-state index contributed by atoms with van der Waals surface area (Å²) in [5.41, 5.74) is 4.69. The van der Waals surface area contributed by atoms with Crippen LogP contribution in [0.2, 0.25) is 0 Å². The minimum atomic E-state index is -0.319. The van der Waals surface area contributed by atoms with Crippen molar-refractivity contribution in [3.05, 3.63) is 59.9 Å². The molecule has 6 nitrogen and oxygen atoms in total. The van der Waals surface area contributed by atoms with E-state index in [2.05, 4.69) is 9.97 Å². The lowest BCUT2D eigenvalue weighted by Gasteiger charge is -2.15. The van der Waals surface area contributed by atoms with Crippen LogP contribution in [0, 0.1) is 0 Å². The highest BCUT2D eigenvalue weighted by atomic mass is 16.5. The van der Waals surface area contributed by atoms with Gasteiger partial charge in [-0.1, -0.05) is 6.07 Å². The largest absolute Gasteiger partial charge is 0.493 e. The van der Waals surface area contributed by atoms with Crippen LogP contribution in [0.5, 0.6) is 11.5 Å². The Morgan fingerprint density at radius 3 is 2.43 bits per heavy atom. The van der Waals surface area contributed by atoms with Gasteiger partial charge in [0.05, 0.1) is 30.8 Å². The van der Waals surface area contributed by atoms with Gasteiger partial charge in [0.25, 0.3) is 0 Å². The quantitative estimate of drug-likeness (QED) is 0.504. The summed E-state index contributed by atoms with van der Waals surface area (Å²) in [5, 5.41) is 1.84. The fraction of sp³-hybridized carbons (Fsp3) is 0.136. The Labute approximate surface area is 160 Å². The molecule has 5 rings (SSSR count). The molecule has 0 fully saturated rings. The maximum Gasteiger partial charge on any atom is 0.339 e. The number of rotatable bonds is 3. The fourth-order valence-corrected chi connectivity index (χ4v) is 3.77. The van der Waals surface area contributed by atoms with Crippen LogP contribution >= 0.6 is 0 Å². The second kappa shape index (κ2) is 6.20. The van der Waals surface area contributed by atoms with Gasteiger partial charge in [-0.25, -0.2) is 4.79 Å². The molecule has 0 saturated heterocycles. The molecule has 0 bridgehead atoms. The first kappa shape index (κ1) is 16.5. The molecule has 0 amide bonds. The third kappa shape index (κ3) is 2.38. The van der Waals surface area contributed by atoms with Crippen LogP contribution in [0.25, 0.3) is 32.9 Å². The van der Waals surface area contributed by atoms with Crippen molar-refractivity contribution < 1.29 is 19.0 Å². The zero-order chi connectivity index (χ0) is 19.3. The average molecular weight is 372 g/mol. The van der Waals surface area contributed by atoms with Gasteiger partial charge in [0.1, 0.15) is 6.61 Å². The zero-order valence-electron chi connectivity index (χ0n) is 15.4. The smallest absolute Gasteiger partial charge is 0.339 e. The zero-order valence-corrected chi connectivity index (χ0v) is 15.4.